The molecule has 0 radical (unpaired) electrons. The highest BCUT2D eigenvalue weighted by molar-refractivity contribution is 5.97. The molecule has 3 rings (SSSR count). The van der Waals surface area contributed by atoms with Crippen molar-refractivity contribution in [2.45, 2.75) is 18.9 Å². The van der Waals surface area contributed by atoms with Crippen molar-refractivity contribution < 1.29 is 14.6 Å². The van der Waals surface area contributed by atoms with Crippen LogP contribution in [0.25, 0.3) is 10.8 Å². The Balaban J connectivity index is 2.12. The third-order valence-electron chi connectivity index (χ3n) is 3.53. The first-order valence-electron chi connectivity index (χ1n) is 6.61. The van der Waals surface area contributed by atoms with E-state index in [9.17, 15) is 4.79 Å². The van der Waals surface area contributed by atoms with E-state index < -0.39 is 5.97 Å². The number of pyridine rings is 1. The Morgan fingerprint density at radius 3 is 2.85 bits per heavy atom. The highest BCUT2D eigenvalue weighted by atomic mass is 16.5. The molecule has 1 N–H and O–H groups in total. The molecule has 20 heavy (non-hydrogen) atoms. The van der Waals surface area contributed by atoms with Crippen LogP contribution in [0.3, 0.4) is 0 Å². The number of hydrogen-bond acceptors (Lipinski definition) is 4. The number of hydrogen-bond donors (Lipinski definition) is 1. The lowest BCUT2D eigenvalue weighted by molar-refractivity contribution is -0.135. The van der Waals surface area contributed by atoms with Crippen LogP contribution in [0.1, 0.15) is 12.8 Å². The quantitative estimate of drug-likeness (QED) is 0.904. The predicted octanol–water partition coefficient (Wildman–Crippen LogP) is 2.30. The molecule has 1 aromatic heterocycles. The first kappa shape index (κ1) is 12.7. The van der Waals surface area contributed by atoms with Gasteiger partial charge < -0.3 is 14.7 Å². The third kappa shape index (κ3) is 2.27. The highest BCUT2D eigenvalue weighted by Crippen LogP contribution is 2.36. The van der Waals surface area contributed by atoms with Gasteiger partial charge in [-0.15, -0.1) is 0 Å². The Bertz CT molecular complexity index is 653. The molecule has 0 atom stereocenters. The van der Waals surface area contributed by atoms with Gasteiger partial charge in [0.2, 0.25) is 0 Å². The summed E-state index contributed by atoms with van der Waals surface area (Å²) in [7, 11) is 1.63. The van der Waals surface area contributed by atoms with Crippen molar-refractivity contribution >= 4 is 22.6 Å². The van der Waals surface area contributed by atoms with Crippen LogP contribution >= 0.6 is 0 Å². The number of benzene rings is 1. The van der Waals surface area contributed by atoms with Crippen LogP contribution in [0.5, 0.6) is 5.75 Å². The van der Waals surface area contributed by atoms with E-state index in [0.717, 1.165) is 35.2 Å². The van der Waals surface area contributed by atoms with Crippen molar-refractivity contribution in [2.24, 2.45) is 0 Å². The Morgan fingerprint density at radius 1 is 1.40 bits per heavy atom. The SMILES string of the molecule is COc1cccc2c(N(CC(=O)O)C3CC3)nccc12. The average molecular weight is 272 g/mol. The zero-order chi connectivity index (χ0) is 14.1. The molecule has 0 saturated heterocycles. The van der Waals surface area contributed by atoms with Crippen LogP contribution in [0, 0.1) is 0 Å². The van der Waals surface area contributed by atoms with Gasteiger partial charge in [-0.2, -0.15) is 0 Å². The molecular weight excluding hydrogens is 256 g/mol. The van der Waals surface area contributed by atoms with E-state index in [1.54, 1.807) is 13.3 Å². The maximum absolute atomic E-state index is 11.1. The number of methoxy groups -OCH3 is 1. The van der Waals surface area contributed by atoms with Crippen molar-refractivity contribution in [3.8, 4) is 5.75 Å². The molecular formula is C15H16N2O3. The van der Waals surface area contributed by atoms with Gasteiger partial charge in [0.1, 0.15) is 18.1 Å². The summed E-state index contributed by atoms with van der Waals surface area (Å²) in [6.45, 7) is -0.0199. The van der Waals surface area contributed by atoms with Gasteiger partial charge in [-0.3, -0.25) is 4.79 Å². The molecule has 104 valence electrons. The number of rotatable bonds is 5. The minimum Gasteiger partial charge on any atom is -0.496 e. The number of carboxylic acids is 1. The standard InChI is InChI=1S/C15H16N2O3/c1-20-13-4-2-3-12-11(13)7-8-16-15(12)17(9-14(18)19)10-5-6-10/h2-4,7-8,10H,5-6,9H2,1H3,(H,18,19). The van der Waals surface area contributed by atoms with Gasteiger partial charge in [-0.05, 0) is 25.0 Å². The van der Waals surface area contributed by atoms with Gasteiger partial charge in [-0.1, -0.05) is 12.1 Å². The van der Waals surface area contributed by atoms with Crippen molar-refractivity contribution in [1.82, 2.24) is 4.98 Å². The van der Waals surface area contributed by atoms with E-state index in [1.807, 2.05) is 29.2 Å². The number of aromatic nitrogens is 1. The minimum atomic E-state index is -0.835. The van der Waals surface area contributed by atoms with Gasteiger partial charge in [0, 0.05) is 23.0 Å². The Hall–Kier alpha value is -2.30. The van der Waals surface area contributed by atoms with Gasteiger partial charge in [0.05, 0.1) is 7.11 Å². The van der Waals surface area contributed by atoms with Gasteiger partial charge in [0.15, 0.2) is 0 Å². The first-order chi connectivity index (χ1) is 9.70. The molecule has 0 unspecified atom stereocenters. The van der Waals surface area contributed by atoms with Crippen molar-refractivity contribution in [3.05, 3.63) is 30.5 Å². The smallest absolute Gasteiger partial charge is 0.323 e. The normalized spacial score (nSPS) is 14.2. The molecule has 0 spiro atoms. The maximum Gasteiger partial charge on any atom is 0.323 e. The van der Waals surface area contributed by atoms with Gasteiger partial charge in [-0.25, -0.2) is 4.98 Å². The molecule has 1 saturated carbocycles. The summed E-state index contributed by atoms with van der Waals surface area (Å²) in [5, 5.41) is 11.0. The first-order valence-corrected chi connectivity index (χ1v) is 6.61. The second-order valence-corrected chi connectivity index (χ2v) is 4.94. The predicted molar refractivity (Wildman–Crippen MR) is 76.3 cm³/mol. The number of carboxylic acid groups (broad SMARTS) is 1. The number of nitrogens with zero attached hydrogens (tertiary/aromatic N) is 2. The van der Waals surface area contributed by atoms with Crippen LogP contribution in [0.4, 0.5) is 5.82 Å². The van der Waals surface area contributed by atoms with E-state index in [0.29, 0.717) is 0 Å². The lowest BCUT2D eigenvalue weighted by Gasteiger charge is -2.23. The van der Waals surface area contributed by atoms with Gasteiger partial charge >= 0.3 is 5.97 Å². The largest absolute Gasteiger partial charge is 0.496 e. The topological polar surface area (TPSA) is 62.7 Å². The number of carbonyl (C=O) groups is 1. The molecule has 2 aromatic rings. The second-order valence-electron chi connectivity index (χ2n) is 4.94. The molecule has 0 bridgehead atoms. The van der Waals surface area contributed by atoms with Crippen LogP contribution in [-0.4, -0.2) is 35.8 Å². The fraction of sp³-hybridized carbons (Fsp3) is 0.333. The van der Waals surface area contributed by atoms with Gasteiger partial charge in [0.25, 0.3) is 0 Å². The minimum absolute atomic E-state index is 0.0199. The lowest BCUT2D eigenvalue weighted by Crippen LogP contribution is -2.32. The third-order valence-corrected chi connectivity index (χ3v) is 3.53. The monoisotopic (exact) mass is 272 g/mol. The van der Waals surface area contributed by atoms with Crippen molar-refractivity contribution in [1.29, 1.82) is 0 Å². The zero-order valence-corrected chi connectivity index (χ0v) is 11.2. The fourth-order valence-electron chi connectivity index (χ4n) is 2.48. The van der Waals surface area contributed by atoms with E-state index in [1.165, 1.54) is 0 Å². The number of anilines is 1. The molecule has 1 aliphatic rings. The molecule has 1 aromatic carbocycles. The summed E-state index contributed by atoms with van der Waals surface area (Å²) >= 11 is 0. The summed E-state index contributed by atoms with van der Waals surface area (Å²) in [6, 6.07) is 7.93. The van der Waals surface area contributed by atoms with Crippen LogP contribution in [-0.2, 0) is 4.79 Å². The van der Waals surface area contributed by atoms with Crippen molar-refractivity contribution in [2.75, 3.05) is 18.6 Å². The summed E-state index contributed by atoms with van der Waals surface area (Å²) < 4.78 is 5.36. The lowest BCUT2D eigenvalue weighted by atomic mass is 10.1. The Morgan fingerprint density at radius 2 is 2.20 bits per heavy atom. The molecule has 1 heterocycles. The van der Waals surface area contributed by atoms with Crippen molar-refractivity contribution in [3.63, 3.8) is 0 Å². The fourth-order valence-corrected chi connectivity index (χ4v) is 2.48. The summed E-state index contributed by atoms with van der Waals surface area (Å²) in [5.74, 6) is 0.669. The molecule has 1 aliphatic carbocycles. The van der Waals surface area contributed by atoms with E-state index in [-0.39, 0.29) is 12.6 Å². The summed E-state index contributed by atoms with van der Waals surface area (Å²) in [6.07, 6.45) is 3.75. The average Bonchev–Trinajstić information content (AvgIpc) is 3.28. The molecule has 5 nitrogen and oxygen atoms in total. The van der Waals surface area contributed by atoms with E-state index in [4.69, 9.17) is 9.84 Å². The van der Waals surface area contributed by atoms with E-state index in [2.05, 4.69) is 4.98 Å². The van der Waals surface area contributed by atoms with Crippen LogP contribution in [0.15, 0.2) is 30.5 Å². The molecule has 0 amide bonds. The molecule has 1 fully saturated rings. The molecule has 5 heteroatoms. The maximum atomic E-state index is 11.1. The Labute approximate surface area is 116 Å². The highest BCUT2D eigenvalue weighted by Gasteiger charge is 2.32. The number of aliphatic carboxylic acids is 1. The van der Waals surface area contributed by atoms with Crippen LogP contribution < -0.4 is 9.64 Å². The summed E-state index contributed by atoms with van der Waals surface area (Å²) in [5.41, 5.74) is 0. The second kappa shape index (κ2) is 5.00. The Kier molecular flexibility index (Phi) is 3.18. The van der Waals surface area contributed by atoms with E-state index >= 15 is 0 Å². The zero-order valence-electron chi connectivity index (χ0n) is 11.2. The number of fused-ring (bicyclic) bond motifs is 1. The number of ether oxygens (including phenoxy) is 1. The molecule has 0 aliphatic heterocycles. The van der Waals surface area contributed by atoms with Crippen LogP contribution in [0.2, 0.25) is 0 Å². The summed E-state index contributed by atoms with van der Waals surface area (Å²) in [4.78, 5) is 17.4.